The molecule has 5 aliphatic rings. The van der Waals surface area contributed by atoms with Crippen molar-refractivity contribution in [3.8, 4) is 22.8 Å². The Bertz CT molecular complexity index is 1500. The fraction of sp³-hybridized carbons (Fsp3) is 0.606. The summed E-state index contributed by atoms with van der Waals surface area (Å²) in [6.45, 7) is 14.3. The summed E-state index contributed by atoms with van der Waals surface area (Å²) >= 11 is 0. The number of rotatable bonds is 10. The van der Waals surface area contributed by atoms with Gasteiger partial charge in [0.2, 0.25) is 0 Å². The molecule has 2 aromatic heterocycles. The molecule has 10 nitrogen and oxygen atoms in total. The maximum Gasteiger partial charge on any atom is 0.282 e. The van der Waals surface area contributed by atoms with Crippen molar-refractivity contribution in [2.24, 2.45) is 23.2 Å². The molecule has 232 valence electrons. The highest BCUT2D eigenvalue weighted by atomic mass is 19.1. The second-order valence-electron chi connectivity index (χ2n) is 14.1. The van der Waals surface area contributed by atoms with Gasteiger partial charge in [0.1, 0.15) is 24.2 Å². The molecule has 3 aromatic rings. The molecule has 5 fully saturated rings. The fourth-order valence-electron chi connectivity index (χ4n) is 8.07. The maximum absolute atomic E-state index is 14.5. The van der Waals surface area contributed by atoms with Crippen molar-refractivity contribution in [3.63, 3.8) is 0 Å². The summed E-state index contributed by atoms with van der Waals surface area (Å²) in [5.74, 6) is 3.67. The lowest BCUT2D eigenvalue weighted by molar-refractivity contribution is -0.100. The minimum atomic E-state index is -0.339. The Morgan fingerprint density at radius 3 is 2.66 bits per heavy atom. The summed E-state index contributed by atoms with van der Waals surface area (Å²) in [6, 6.07) is 5.18. The van der Waals surface area contributed by atoms with E-state index in [1.165, 1.54) is 38.1 Å². The van der Waals surface area contributed by atoms with Crippen LogP contribution in [-0.2, 0) is 4.74 Å². The van der Waals surface area contributed by atoms with E-state index in [-0.39, 0.29) is 11.2 Å². The molecule has 1 aliphatic carbocycles. The zero-order valence-electron chi connectivity index (χ0n) is 25.6. The second kappa shape index (κ2) is 11.3. The predicted molar refractivity (Wildman–Crippen MR) is 163 cm³/mol. The third-order valence-electron chi connectivity index (χ3n) is 10.3. The molecular formula is C33H41FN8O2. The smallest absolute Gasteiger partial charge is 0.282 e. The van der Waals surface area contributed by atoms with E-state index < -0.39 is 0 Å². The molecule has 44 heavy (non-hydrogen) atoms. The van der Waals surface area contributed by atoms with Crippen molar-refractivity contribution in [2.45, 2.75) is 45.1 Å². The van der Waals surface area contributed by atoms with E-state index in [2.05, 4.69) is 53.7 Å². The van der Waals surface area contributed by atoms with Crippen molar-refractivity contribution < 1.29 is 13.9 Å². The summed E-state index contributed by atoms with van der Waals surface area (Å²) in [6.07, 6.45) is 8.06. The van der Waals surface area contributed by atoms with Crippen LogP contribution in [-0.4, -0.2) is 100 Å². The van der Waals surface area contributed by atoms with Gasteiger partial charge in [-0.2, -0.15) is 0 Å². The van der Waals surface area contributed by atoms with Crippen LogP contribution in [0.4, 0.5) is 10.2 Å². The van der Waals surface area contributed by atoms with Crippen molar-refractivity contribution in [3.05, 3.63) is 48.6 Å². The molecule has 1 atom stereocenters. The number of benzene rings is 1. The van der Waals surface area contributed by atoms with Crippen LogP contribution in [0.3, 0.4) is 0 Å². The number of hydrogen-bond donors (Lipinski definition) is 0. The molecule has 1 aromatic carbocycles. The van der Waals surface area contributed by atoms with Crippen LogP contribution in [0.5, 0.6) is 11.6 Å². The predicted octanol–water partition coefficient (Wildman–Crippen LogP) is 4.25. The molecule has 0 unspecified atom stereocenters. The maximum atomic E-state index is 14.5. The van der Waals surface area contributed by atoms with Gasteiger partial charge in [-0.05, 0) is 43.4 Å². The lowest BCUT2D eigenvalue weighted by Crippen LogP contribution is -2.67. The lowest BCUT2D eigenvalue weighted by Gasteiger charge is -2.57. The number of nitrogens with zero attached hydrogens (tertiary/aromatic N) is 8. The zero-order chi connectivity index (χ0) is 29.8. The van der Waals surface area contributed by atoms with E-state index in [0.29, 0.717) is 40.9 Å². The van der Waals surface area contributed by atoms with Crippen LogP contribution in [0.1, 0.15) is 44.7 Å². The molecule has 4 aliphatic heterocycles. The van der Waals surface area contributed by atoms with E-state index in [4.69, 9.17) is 9.47 Å². The van der Waals surface area contributed by atoms with E-state index in [1.54, 1.807) is 18.6 Å². The molecule has 0 amide bonds. The van der Waals surface area contributed by atoms with Gasteiger partial charge in [-0.15, -0.1) is 10.2 Å². The third-order valence-corrected chi connectivity index (χ3v) is 10.3. The Labute approximate surface area is 258 Å². The molecule has 11 heteroatoms. The SMILES string of the molecule is CC(C)[C@H](C1CN(CC2COC2)C1)N1CC2(CCN(c3ncnnc3Oc3ccc(F)cc3-c3cncnc3C3CC3)C2)C1. The molecule has 1 saturated carbocycles. The zero-order valence-corrected chi connectivity index (χ0v) is 25.6. The van der Waals surface area contributed by atoms with Gasteiger partial charge in [-0.3, -0.25) is 4.90 Å². The van der Waals surface area contributed by atoms with Crippen LogP contribution >= 0.6 is 0 Å². The highest BCUT2D eigenvalue weighted by Crippen LogP contribution is 2.47. The molecule has 8 rings (SSSR count). The minimum absolute atomic E-state index is 0.254. The highest BCUT2D eigenvalue weighted by Gasteiger charge is 2.52. The Morgan fingerprint density at radius 2 is 1.91 bits per heavy atom. The monoisotopic (exact) mass is 600 g/mol. The number of halogens is 1. The number of anilines is 1. The molecule has 4 saturated heterocycles. The summed E-state index contributed by atoms with van der Waals surface area (Å²) < 4.78 is 26.3. The average molecular weight is 601 g/mol. The number of hydrogen-bond acceptors (Lipinski definition) is 10. The number of likely N-dealkylation sites (tertiary alicyclic amines) is 2. The van der Waals surface area contributed by atoms with E-state index >= 15 is 0 Å². The molecule has 0 N–H and O–H groups in total. The molecule has 0 bridgehead atoms. The van der Waals surface area contributed by atoms with Gasteiger partial charge in [-0.25, -0.2) is 19.3 Å². The van der Waals surface area contributed by atoms with Crippen molar-refractivity contribution in [2.75, 3.05) is 63.9 Å². The summed E-state index contributed by atoms with van der Waals surface area (Å²) in [4.78, 5) is 21.1. The van der Waals surface area contributed by atoms with Crippen LogP contribution in [0.25, 0.3) is 11.1 Å². The Balaban J connectivity index is 0.957. The first kappa shape index (κ1) is 28.2. The largest absolute Gasteiger partial charge is 0.434 e. The number of aromatic nitrogens is 5. The van der Waals surface area contributed by atoms with Gasteiger partial charge in [0.15, 0.2) is 5.82 Å². The van der Waals surface area contributed by atoms with E-state index in [9.17, 15) is 4.39 Å². The van der Waals surface area contributed by atoms with Crippen LogP contribution in [0.15, 0.2) is 37.1 Å². The van der Waals surface area contributed by atoms with Gasteiger partial charge in [0.25, 0.3) is 5.88 Å². The van der Waals surface area contributed by atoms with E-state index in [0.717, 1.165) is 81.7 Å². The first-order chi connectivity index (χ1) is 21.4. The average Bonchev–Trinajstić information content (AvgIpc) is 3.71. The Kier molecular flexibility index (Phi) is 7.22. The summed E-state index contributed by atoms with van der Waals surface area (Å²) in [5, 5.41) is 8.41. The Morgan fingerprint density at radius 1 is 1.07 bits per heavy atom. The standard InChI is InChI=1S/C33H41FN8O2/c1-21(2)30(24-12-40(13-24)11-22-14-43-15-22)42-17-33(18-42)7-8-41(16-33)31-32(39-38-20-37-31)44-28-6-5-25(34)9-26(28)27-10-35-19-36-29(27)23-3-4-23/h5-6,9-10,19-24,30H,3-4,7-8,11-18H2,1-2H3/t30-/m1/s1. The fourth-order valence-corrected chi connectivity index (χ4v) is 8.07. The molecular weight excluding hydrogens is 559 g/mol. The van der Waals surface area contributed by atoms with E-state index in [1.807, 2.05) is 0 Å². The first-order valence-corrected chi connectivity index (χ1v) is 16.2. The normalized spacial score (nSPS) is 23.0. The second-order valence-corrected chi connectivity index (χ2v) is 14.1. The number of ether oxygens (including phenoxy) is 2. The van der Waals surface area contributed by atoms with Gasteiger partial charge in [0.05, 0.1) is 18.9 Å². The van der Waals surface area contributed by atoms with Gasteiger partial charge in [-0.1, -0.05) is 13.8 Å². The minimum Gasteiger partial charge on any atom is -0.434 e. The lowest BCUT2D eigenvalue weighted by atomic mass is 9.73. The Hall–Kier alpha value is -3.28. The van der Waals surface area contributed by atoms with Gasteiger partial charge >= 0.3 is 0 Å². The topological polar surface area (TPSA) is 92.6 Å². The first-order valence-electron chi connectivity index (χ1n) is 16.2. The quantitative estimate of drug-likeness (QED) is 0.336. The van der Waals surface area contributed by atoms with Crippen molar-refractivity contribution >= 4 is 5.82 Å². The molecule has 1 spiro atoms. The van der Waals surface area contributed by atoms with Crippen LogP contribution < -0.4 is 9.64 Å². The van der Waals surface area contributed by atoms with Crippen molar-refractivity contribution in [1.29, 1.82) is 0 Å². The van der Waals surface area contributed by atoms with Crippen LogP contribution in [0.2, 0.25) is 0 Å². The molecule has 6 heterocycles. The molecule has 0 radical (unpaired) electrons. The van der Waals surface area contributed by atoms with Crippen molar-refractivity contribution in [1.82, 2.24) is 34.9 Å². The summed E-state index contributed by atoms with van der Waals surface area (Å²) in [5.41, 5.74) is 2.60. The van der Waals surface area contributed by atoms with Crippen LogP contribution in [0, 0.1) is 29.0 Å². The summed E-state index contributed by atoms with van der Waals surface area (Å²) in [7, 11) is 0. The van der Waals surface area contributed by atoms with Gasteiger partial charge in [0, 0.05) is 92.3 Å². The highest BCUT2D eigenvalue weighted by molar-refractivity contribution is 5.73. The van der Waals surface area contributed by atoms with Gasteiger partial charge < -0.3 is 19.3 Å². The third kappa shape index (κ3) is 5.32.